The zero-order valence-corrected chi connectivity index (χ0v) is 13.6. The van der Waals surface area contributed by atoms with Gasteiger partial charge in [0, 0.05) is 10.7 Å². The van der Waals surface area contributed by atoms with Gasteiger partial charge in [-0.3, -0.25) is 4.79 Å². The molecule has 0 saturated heterocycles. The molecular formula is C16H17ClN4O2. The zero-order valence-electron chi connectivity index (χ0n) is 12.9. The van der Waals surface area contributed by atoms with Crippen molar-refractivity contribution in [3.63, 3.8) is 0 Å². The quantitative estimate of drug-likeness (QED) is 0.875. The Bertz CT molecular complexity index is 756. The number of benzene rings is 1. The van der Waals surface area contributed by atoms with Crippen molar-refractivity contribution in [2.24, 2.45) is 5.92 Å². The van der Waals surface area contributed by atoms with Crippen LogP contribution in [0.2, 0.25) is 5.02 Å². The first-order valence-corrected chi connectivity index (χ1v) is 7.66. The van der Waals surface area contributed by atoms with Crippen molar-refractivity contribution in [2.75, 3.05) is 5.32 Å². The van der Waals surface area contributed by atoms with Gasteiger partial charge in [0.05, 0.1) is 12.1 Å². The minimum atomic E-state index is -0.620. The van der Waals surface area contributed by atoms with E-state index in [1.807, 2.05) is 32.0 Å². The van der Waals surface area contributed by atoms with E-state index in [0.717, 1.165) is 5.56 Å². The van der Waals surface area contributed by atoms with E-state index < -0.39 is 12.0 Å². The molecule has 1 aromatic carbocycles. The molecular weight excluding hydrogens is 316 g/mol. The lowest BCUT2D eigenvalue weighted by molar-refractivity contribution is -0.152. The van der Waals surface area contributed by atoms with Crippen molar-refractivity contribution in [3.05, 3.63) is 53.5 Å². The molecule has 0 saturated carbocycles. The summed E-state index contributed by atoms with van der Waals surface area (Å²) in [6.07, 6.45) is 1.22. The van der Waals surface area contributed by atoms with E-state index in [0.29, 0.717) is 16.7 Å². The monoisotopic (exact) mass is 332 g/mol. The largest absolute Gasteiger partial charge is 0.462 e. The van der Waals surface area contributed by atoms with Crippen LogP contribution < -0.4 is 5.32 Å². The normalized spacial score (nSPS) is 20.1. The van der Waals surface area contributed by atoms with E-state index in [-0.39, 0.29) is 12.1 Å². The van der Waals surface area contributed by atoms with Gasteiger partial charge in [0.15, 0.2) is 0 Å². The van der Waals surface area contributed by atoms with Gasteiger partial charge in [0.2, 0.25) is 5.95 Å². The molecule has 120 valence electrons. The highest BCUT2D eigenvalue weighted by molar-refractivity contribution is 6.30. The second kappa shape index (κ2) is 6.04. The Balaban J connectivity index is 2.09. The standard InChI is InChI=1S/C16H17ClN4O2/c1-9(2)23-15(22)13-10(3)20-16-18-8-19-21(16)14(13)11-5-4-6-12(17)7-11/h4-9,13-14H,3H2,1-2H3,(H,18,19,20). The van der Waals surface area contributed by atoms with Crippen LogP contribution in [-0.2, 0) is 9.53 Å². The van der Waals surface area contributed by atoms with Crippen LogP contribution in [0.5, 0.6) is 0 Å². The Kier molecular flexibility index (Phi) is 4.09. The van der Waals surface area contributed by atoms with E-state index >= 15 is 0 Å². The first kappa shape index (κ1) is 15.6. The Morgan fingerprint density at radius 1 is 1.48 bits per heavy atom. The average molecular weight is 333 g/mol. The number of nitrogens with one attached hydrogen (secondary N) is 1. The van der Waals surface area contributed by atoms with E-state index in [4.69, 9.17) is 16.3 Å². The lowest BCUT2D eigenvalue weighted by atomic mass is 9.89. The lowest BCUT2D eigenvalue weighted by Crippen LogP contribution is -2.38. The molecule has 1 N–H and O–H groups in total. The van der Waals surface area contributed by atoms with Gasteiger partial charge in [-0.25, -0.2) is 4.68 Å². The van der Waals surface area contributed by atoms with Crippen molar-refractivity contribution in [1.82, 2.24) is 14.8 Å². The third-order valence-corrected chi connectivity index (χ3v) is 3.83. The van der Waals surface area contributed by atoms with Crippen LogP contribution in [0.3, 0.4) is 0 Å². The van der Waals surface area contributed by atoms with E-state index in [2.05, 4.69) is 22.0 Å². The zero-order chi connectivity index (χ0) is 16.6. The molecule has 0 aliphatic carbocycles. The van der Waals surface area contributed by atoms with Crippen LogP contribution in [0.4, 0.5) is 5.95 Å². The fraction of sp³-hybridized carbons (Fsp3) is 0.312. The fourth-order valence-corrected chi connectivity index (χ4v) is 2.90. The molecule has 6 nitrogen and oxygen atoms in total. The van der Waals surface area contributed by atoms with Gasteiger partial charge < -0.3 is 10.1 Å². The molecule has 7 heteroatoms. The Morgan fingerprint density at radius 2 is 2.26 bits per heavy atom. The molecule has 23 heavy (non-hydrogen) atoms. The lowest BCUT2D eigenvalue weighted by Gasteiger charge is -2.33. The number of hydrogen-bond donors (Lipinski definition) is 1. The topological polar surface area (TPSA) is 69.0 Å². The van der Waals surface area contributed by atoms with Crippen molar-refractivity contribution in [3.8, 4) is 0 Å². The number of carbonyl (C=O) groups excluding carboxylic acids is 1. The molecule has 1 aliphatic heterocycles. The number of fused-ring (bicyclic) bond motifs is 1. The Labute approximate surface area is 139 Å². The van der Waals surface area contributed by atoms with Crippen LogP contribution in [-0.4, -0.2) is 26.8 Å². The third kappa shape index (κ3) is 2.94. The number of aromatic nitrogens is 3. The van der Waals surface area contributed by atoms with Crippen LogP contribution in [0, 0.1) is 5.92 Å². The highest BCUT2D eigenvalue weighted by Crippen LogP contribution is 2.38. The number of nitrogens with zero attached hydrogens (tertiary/aromatic N) is 3. The molecule has 1 aromatic heterocycles. The molecule has 0 fully saturated rings. The molecule has 0 bridgehead atoms. The Hall–Kier alpha value is -2.34. The van der Waals surface area contributed by atoms with Gasteiger partial charge in [0.1, 0.15) is 12.2 Å². The van der Waals surface area contributed by atoms with E-state index in [9.17, 15) is 4.79 Å². The predicted octanol–water partition coefficient (Wildman–Crippen LogP) is 3.03. The minimum Gasteiger partial charge on any atom is -0.462 e. The number of ether oxygens (including phenoxy) is 1. The van der Waals surface area contributed by atoms with Crippen LogP contribution >= 0.6 is 11.6 Å². The van der Waals surface area contributed by atoms with E-state index in [1.54, 1.807) is 10.7 Å². The van der Waals surface area contributed by atoms with Crippen LogP contribution in [0.15, 0.2) is 42.9 Å². The van der Waals surface area contributed by atoms with E-state index in [1.165, 1.54) is 6.33 Å². The number of hydrogen-bond acceptors (Lipinski definition) is 5. The maximum Gasteiger partial charge on any atom is 0.317 e. The molecule has 3 rings (SSSR count). The number of esters is 1. The van der Waals surface area contributed by atoms with Crippen molar-refractivity contribution in [2.45, 2.75) is 26.0 Å². The summed E-state index contributed by atoms with van der Waals surface area (Å²) >= 11 is 6.11. The number of halogens is 1. The van der Waals surface area contributed by atoms with Crippen molar-refractivity contribution in [1.29, 1.82) is 0 Å². The van der Waals surface area contributed by atoms with Crippen LogP contribution in [0.25, 0.3) is 0 Å². The summed E-state index contributed by atoms with van der Waals surface area (Å²) in [7, 11) is 0. The molecule has 2 unspecified atom stereocenters. The molecule has 0 amide bonds. The van der Waals surface area contributed by atoms with Crippen molar-refractivity contribution < 1.29 is 9.53 Å². The number of carbonyl (C=O) groups is 1. The average Bonchev–Trinajstić information content (AvgIpc) is 2.92. The molecule has 1 aliphatic rings. The second-order valence-electron chi connectivity index (χ2n) is 5.64. The molecule has 2 atom stereocenters. The predicted molar refractivity (Wildman–Crippen MR) is 87.1 cm³/mol. The summed E-state index contributed by atoms with van der Waals surface area (Å²) in [4.78, 5) is 16.8. The van der Waals surface area contributed by atoms with Crippen LogP contribution in [0.1, 0.15) is 25.5 Å². The molecule has 2 aromatic rings. The minimum absolute atomic E-state index is 0.215. The smallest absolute Gasteiger partial charge is 0.317 e. The third-order valence-electron chi connectivity index (χ3n) is 3.60. The summed E-state index contributed by atoms with van der Waals surface area (Å²) < 4.78 is 7.06. The summed E-state index contributed by atoms with van der Waals surface area (Å²) in [5.74, 6) is -0.442. The second-order valence-corrected chi connectivity index (χ2v) is 6.08. The number of rotatable bonds is 3. The van der Waals surface area contributed by atoms with Gasteiger partial charge in [-0.15, -0.1) is 0 Å². The molecule has 0 spiro atoms. The van der Waals surface area contributed by atoms with Gasteiger partial charge >= 0.3 is 5.97 Å². The first-order valence-electron chi connectivity index (χ1n) is 7.28. The molecule has 0 radical (unpaired) electrons. The van der Waals surface area contributed by atoms with Gasteiger partial charge in [-0.2, -0.15) is 10.1 Å². The molecule has 2 heterocycles. The maximum absolute atomic E-state index is 12.6. The van der Waals surface area contributed by atoms with Gasteiger partial charge in [-0.1, -0.05) is 30.3 Å². The fourth-order valence-electron chi connectivity index (χ4n) is 2.70. The van der Waals surface area contributed by atoms with Crippen molar-refractivity contribution >= 4 is 23.5 Å². The summed E-state index contributed by atoms with van der Waals surface area (Å²) in [5.41, 5.74) is 1.37. The highest BCUT2D eigenvalue weighted by Gasteiger charge is 2.40. The Morgan fingerprint density at radius 3 is 2.96 bits per heavy atom. The summed E-state index contributed by atoms with van der Waals surface area (Å²) in [6, 6.07) is 6.92. The highest BCUT2D eigenvalue weighted by atomic mass is 35.5. The summed E-state index contributed by atoms with van der Waals surface area (Å²) in [6.45, 7) is 7.60. The van der Waals surface area contributed by atoms with Gasteiger partial charge in [-0.05, 0) is 31.5 Å². The van der Waals surface area contributed by atoms with Gasteiger partial charge in [0.25, 0.3) is 0 Å². The maximum atomic E-state index is 12.6. The summed E-state index contributed by atoms with van der Waals surface area (Å²) in [5, 5.41) is 7.85. The first-order chi connectivity index (χ1) is 11.0. The SMILES string of the molecule is C=C1Nc2ncnn2C(c2cccc(Cl)c2)C1C(=O)OC(C)C. The number of anilines is 1.